The zero-order valence-corrected chi connectivity index (χ0v) is 17.5. The van der Waals surface area contributed by atoms with E-state index in [1.54, 1.807) is 6.92 Å². The van der Waals surface area contributed by atoms with E-state index in [2.05, 4.69) is 24.3 Å². The van der Waals surface area contributed by atoms with Crippen LogP contribution in [-0.4, -0.2) is 16.9 Å². The molecule has 2 saturated carbocycles. The highest BCUT2D eigenvalue weighted by molar-refractivity contribution is 5.84. The predicted molar refractivity (Wildman–Crippen MR) is 112 cm³/mol. The van der Waals surface area contributed by atoms with Gasteiger partial charge in [-0.1, -0.05) is 49.9 Å². The molecule has 28 heavy (non-hydrogen) atoms. The molecule has 0 unspecified atom stereocenters. The van der Waals surface area contributed by atoms with Gasteiger partial charge in [0, 0.05) is 5.41 Å². The predicted octanol–water partition coefficient (Wildman–Crippen LogP) is 6.13. The van der Waals surface area contributed by atoms with E-state index in [4.69, 9.17) is 0 Å². The first kappa shape index (κ1) is 21.1. The minimum atomic E-state index is -0.589. The van der Waals surface area contributed by atoms with Gasteiger partial charge in [0.2, 0.25) is 0 Å². The minimum Gasteiger partial charge on any atom is -0.481 e. The van der Waals surface area contributed by atoms with Crippen LogP contribution in [0.5, 0.6) is 0 Å². The van der Waals surface area contributed by atoms with Crippen LogP contribution in [0, 0.1) is 10.8 Å². The van der Waals surface area contributed by atoms with E-state index in [9.17, 15) is 14.7 Å². The summed E-state index contributed by atoms with van der Waals surface area (Å²) >= 11 is 0. The van der Waals surface area contributed by atoms with Crippen molar-refractivity contribution in [2.24, 2.45) is 10.8 Å². The van der Waals surface area contributed by atoms with Gasteiger partial charge in [-0.2, -0.15) is 0 Å². The number of hydrogen-bond acceptors (Lipinski definition) is 2. The Bertz CT molecular complexity index is 624. The number of hydrogen-bond donors (Lipinski definition) is 1. The highest BCUT2D eigenvalue weighted by atomic mass is 16.4. The monoisotopic (exact) mass is 384 g/mol. The largest absolute Gasteiger partial charge is 0.481 e. The van der Waals surface area contributed by atoms with Crippen LogP contribution in [0.1, 0.15) is 95.1 Å². The van der Waals surface area contributed by atoms with E-state index < -0.39 is 5.97 Å². The summed E-state index contributed by atoms with van der Waals surface area (Å²) in [5.74, 6) is -0.192. The van der Waals surface area contributed by atoms with E-state index >= 15 is 0 Å². The van der Waals surface area contributed by atoms with Crippen molar-refractivity contribution in [3.63, 3.8) is 0 Å². The zero-order valence-electron chi connectivity index (χ0n) is 17.5. The molecule has 0 spiro atoms. The third-order valence-corrected chi connectivity index (χ3v) is 7.23. The molecule has 1 N–H and O–H groups in total. The lowest BCUT2D eigenvalue weighted by Gasteiger charge is -2.12. The van der Waals surface area contributed by atoms with Gasteiger partial charge in [-0.3, -0.25) is 9.59 Å². The standard InChI is InChI=1S/C25H36O3/c1-20(26)24(16-17-24)14-8-2-4-10-21-12-6-7-13-22(21)11-5-3-9-15-25(18-19-25)23(27)28/h6-7,12-13H,2-5,8-11,14-19H2,1H3,(H,27,28). The lowest BCUT2D eigenvalue weighted by molar-refractivity contribution is -0.143. The molecule has 1 aromatic rings. The Balaban J connectivity index is 1.32. The number of ketones is 1. The Morgan fingerprint density at radius 3 is 1.64 bits per heavy atom. The van der Waals surface area contributed by atoms with Crippen molar-refractivity contribution in [3.05, 3.63) is 35.4 Å². The number of benzene rings is 1. The van der Waals surface area contributed by atoms with Crippen molar-refractivity contribution in [1.82, 2.24) is 0 Å². The number of rotatable bonds is 14. The molecule has 1 aromatic carbocycles. The molecule has 0 aromatic heterocycles. The second kappa shape index (κ2) is 9.24. The first-order valence-corrected chi connectivity index (χ1v) is 11.3. The fraction of sp³-hybridized carbons (Fsp3) is 0.680. The van der Waals surface area contributed by atoms with Crippen molar-refractivity contribution in [1.29, 1.82) is 0 Å². The van der Waals surface area contributed by atoms with E-state index in [0.717, 1.165) is 70.6 Å². The number of carboxylic acid groups (broad SMARTS) is 1. The molecule has 0 aliphatic heterocycles. The number of carbonyl (C=O) groups is 2. The third kappa shape index (κ3) is 5.46. The molecule has 0 radical (unpaired) electrons. The summed E-state index contributed by atoms with van der Waals surface area (Å²) in [4.78, 5) is 22.9. The zero-order chi connectivity index (χ0) is 20.0. The van der Waals surface area contributed by atoms with Crippen LogP contribution in [0.4, 0.5) is 0 Å². The number of aliphatic carboxylic acids is 1. The minimum absolute atomic E-state index is 0.0671. The fourth-order valence-electron chi connectivity index (χ4n) is 4.61. The number of Topliss-reactive ketones (excluding diaryl/α,β-unsaturated/α-hetero) is 1. The first-order chi connectivity index (χ1) is 13.5. The summed E-state index contributed by atoms with van der Waals surface area (Å²) in [6.45, 7) is 1.76. The maximum atomic E-state index is 11.7. The molecule has 0 saturated heterocycles. The van der Waals surface area contributed by atoms with Gasteiger partial charge in [0.1, 0.15) is 5.78 Å². The third-order valence-electron chi connectivity index (χ3n) is 7.23. The van der Waals surface area contributed by atoms with Crippen LogP contribution in [0.3, 0.4) is 0 Å². The Kier molecular flexibility index (Phi) is 6.95. The molecule has 0 heterocycles. The first-order valence-electron chi connectivity index (χ1n) is 11.3. The van der Waals surface area contributed by atoms with E-state index in [1.165, 1.54) is 30.4 Å². The van der Waals surface area contributed by atoms with Crippen LogP contribution in [0.2, 0.25) is 0 Å². The summed E-state index contributed by atoms with van der Waals surface area (Å²) in [5, 5.41) is 9.25. The van der Waals surface area contributed by atoms with Gasteiger partial charge in [0.25, 0.3) is 0 Å². The molecular formula is C25H36O3. The molecule has 3 rings (SSSR count). The molecule has 0 amide bonds. The molecule has 2 fully saturated rings. The Morgan fingerprint density at radius 1 is 0.786 bits per heavy atom. The second-order valence-electron chi connectivity index (χ2n) is 9.31. The number of aryl methyl sites for hydroxylation is 2. The highest BCUT2D eigenvalue weighted by Crippen LogP contribution is 2.51. The number of unbranched alkanes of at least 4 members (excludes halogenated alkanes) is 4. The fourth-order valence-corrected chi connectivity index (χ4v) is 4.61. The van der Waals surface area contributed by atoms with Crippen LogP contribution >= 0.6 is 0 Å². The van der Waals surface area contributed by atoms with Gasteiger partial charge < -0.3 is 5.11 Å². The average Bonchev–Trinajstić information content (AvgIpc) is 3.58. The van der Waals surface area contributed by atoms with Crippen molar-refractivity contribution in [2.45, 2.75) is 96.8 Å². The van der Waals surface area contributed by atoms with Crippen molar-refractivity contribution in [2.75, 3.05) is 0 Å². The summed E-state index contributed by atoms with van der Waals surface area (Å²) in [7, 11) is 0. The molecule has 154 valence electrons. The second-order valence-corrected chi connectivity index (χ2v) is 9.31. The number of carboxylic acids is 1. The highest BCUT2D eigenvalue weighted by Gasteiger charge is 2.49. The van der Waals surface area contributed by atoms with Gasteiger partial charge in [-0.15, -0.1) is 0 Å². The Morgan fingerprint density at radius 2 is 1.25 bits per heavy atom. The van der Waals surface area contributed by atoms with Gasteiger partial charge in [-0.25, -0.2) is 0 Å². The van der Waals surface area contributed by atoms with E-state index in [0.29, 0.717) is 5.78 Å². The van der Waals surface area contributed by atoms with Crippen molar-refractivity contribution in [3.8, 4) is 0 Å². The van der Waals surface area contributed by atoms with E-state index in [1.807, 2.05) is 0 Å². The van der Waals surface area contributed by atoms with Gasteiger partial charge in [-0.05, 0) is 82.3 Å². The maximum Gasteiger partial charge on any atom is 0.309 e. The van der Waals surface area contributed by atoms with Crippen LogP contribution in [0.25, 0.3) is 0 Å². The topological polar surface area (TPSA) is 54.4 Å². The van der Waals surface area contributed by atoms with Gasteiger partial charge in [0.05, 0.1) is 5.41 Å². The maximum absolute atomic E-state index is 11.7. The van der Waals surface area contributed by atoms with Crippen molar-refractivity contribution >= 4 is 11.8 Å². The number of carbonyl (C=O) groups excluding carboxylic acids is 1. The normalized spacial score (nSPS) is 18.6. The van der Waals surface area contributed by atoms with Gasteiger partial charge in [0.15, 0.2) is 0 Å². The molecular weight excluding hydrogens is 348 g/mol. The lowest BCUT2D eigenvalue weighted by Crippen LogP contribution is -2.14. The molecule has 2 aliphatic rings. The quantitative estimate of drug-likeness (QED) is 0.393. The Hall–Kier alpha value is -1.64. The molecule has 3 nitrogen and oxygen atoms in total. The lowest BCUT2D eigenvalue weighted by atomic mass is 9.92. The summed E-state index contributed by atoms with van der Waals surface area (Å²) in [5.41, 5.74) is 2.64. The van der Waals surface area contributed by atoms with Gasteiger partial charge >= 0.3 is 5.97 Å². The van der Waals surface area contributed by atoms with Crippen LogP contribution in [0.15, 0.2) is 24.3 Å². The van der Waals surface area contributed by atoms with Crippen LogP contribution < -0.4 is 0 Å². The summed E-state index contributed by atoms with van der Waals surface area (Å²) < 4.78 is 0. The SMILES string of the molecule is CC(=O)C1(CCCCCc2ccccc2CCCCCC2(C(=O)O)CC2)CC1. The van der Waals surface area contributed by atoms with Crippen LogP contribution in [-0.2, 0) is 22.4 Å². The van der Waals surface area contributed by atoms with E-state index in [-0.39, 0.29) is 10.8 Å². The molecule has 0 atom stereocenters. The molecule has 3 heteroatoms. The summed E-state index contributed by atoms with van der Waals surface area (Å²) in [6.07, 6.45) is 15.0. The van der Waals surface area contributed by atoms with Crippen molar-refractivity contribution < 1.29 is 14.7 Å². The summed E-state index contributed by atoms with van der Waals surface area (Å²) in [6, 6.07) is 8.78. The average molecular weight is 385 g/mol. The smallest absolute Gasteiger partial charge is 0.309 e. The Labute approximate surface area is 169 Å². The molecule has 0 bridgehead atoms. The molecule has 2 aliphatic carbocycles.